The first-order chi connectivity index (χ1) is 10.0. The monoisotopic (exact) mass is 309 g/mol. The molecule has 0 radical (unpaired) electrons. The van der Waals surface area contributed by atoms with E-state index in [2.05, 4.69) is 22.2 Å². The summed E-state index contributed by atoms with van der Waals surface area (Å²) in [5, 5.41) is 4.07. The molecule has 3 N–H and O–H groups in total. The van der Waals surface area contributed by atoms with E-state index in [-0.39, 0.29) is 5.91 Å². The van der Waals surface area contributed by atoms with Crippen molar-refractivity contribution >= 4 is 28.2 Å². The van der Waals surface area contributed by atoms with Crippen LogP contribution in [0.2, 0.25) is 0 Å². The molecule has 0 spiro atoms. The molecule has 1 unspecified atom stereocenters. The second kappa shape index (κ2) is 5.81. The number of likely N-dealkylation sites (N-methyl/N-ethyl adjacent to an activating group) is 2. The smallest absolute Gasteiger partial charge is 0.267 e. The van der Waals surface area contributed by atoms with Crippen LogP contribution in [0.15, 0.2) is 0 Å². The second-order valence-electron chi connectivity index (χ2n) is 6.11. The molecule has 3 rings (SSSR count). The van der Waals surface area contributed by atoms with E-state index >= 15 is 0 Å². The van der Waals surface area contributed by atoms with Crippen LogP contribution in [-0.4, -0.2) is 60.0 Å². The van der Waals surface area contributed by atoms with Gasteiger partial charge < -0.3 is 20.9 Å². The minimum Gasteiger partial charge on any atom is -0.382 e. The minimum absolute atomic E-state index is 0.0193. The molecule has 1 aliphatic carbocycles. The average molecular weight is 309 g/mol. The zero-order valence-electron chi connectivity index (χ0n) is 12.6. The topological polar surface area (TPSA) is 74.5 Å². The molecule has 116 valence electrons. The van der Waals surface area contributed by atoms with Crippen molar-refractivity contribution in [2.75, 3.05) is 38.2 Å². The molecule has 1 saturated heterocycles. The van der Waals surface area contributed by atoms with Crippen molar-refractivity contribution in [1.82, 2.24) is 14.8 Å². The maximum absolute atomic E-state index is 12.5. The Morgan fingerprint density at radius 3 is 2.90 bits per heavy atom. The lowest BCUT2D eigenvalue weighted by atomic mass is 10.2. The number of hydrogen-bond acceptors (Lipinski definition) is 6. The highest BCUT2D eigenvalue weighted by molar-refractivity contribution is 7.18. The van der Waals surface area contributed by atoms with Gasteiger partial charge in [0.25, 0.3) is 5.91 Å². The lowest BCUT2D eigenvalue weighted by Gasteiger charge is -2.25. The van der Waals surface area contributed by atoms with Crippen LogP contribution in [0.3, 0.4) is 0 Å². The zero-order chi connectivity index (χ0) is 15.0. The van der Waals surface area contributed by atoms with Gasteiger partial charge in [-0.05, 0) is 39.3 Å². The molecular weight excluding hydrogens is 286 g/mol. The van der Waals surface area contributed by atoms with Crippen LogP contribution in [0.4, 0.5) is 10.9 Å². The van der Waals surface area contributed by atoms with Gasteiger partial charge in [0.05, 0.1) is 0 Å². The molecule has 1 aliphatic heterocycles. The fraction of sp³-hybridized carbons (Fsp3) is 0.714. The van der Waals surface area contributed by atoms with Gasteiger partial charge >= 0.3 is 0 Å². The van der Waals surface area contributed by atoms with Crippen LogP contribution in [0.25, 0.3) is 0 Å². The molecule has 21 heavy (non-hydrogen) atoms. The molecule has 1 atom stereocenters. The summed E-state index contributed by atoms with van der Waals surface area (Å²) in [5.74, 6) is 0.328. The molecule has 0 bridgehead atoms. The number of nitrogens with zero attached hydrogens (tertiary/aromatic N) is 3. The summed E-state index contributed by atoms with van der Waals surface area (Å²) in [6, 6.07) is 0.973. The van der Waals surface area contributed by atoms with Gasteiger partial charge in [-0.15, -0.1) is 0 Å². The Balaban J connectivity index is 1.64. The Bertz CT molecular complexity index is 527. The summed E-state index contributed by atoms with van der Waals surface area (Å²) in [6.07, 6.45) is 4.72. The van der Waals surface area contributed by atoms with Gasteiger partial charge in [0, 0.05) is 25.7 Å². The van der Waals surface area contributed by atoms with E-state index in [4.69, 9.17) is 5.73 Å². The van der Waals surface area contributed by atoms with Gasteiger partial charge in [-0.1, -0.05) is 11.3 Å². The number of aromatic nitrogens is 1. The Labute approximate surface area is 129 Å². The number of hydrogen-bond donors (Lipinski definition) is 2. The lowest BCUT2D eigenvalue weighted by Crippen LogP contribution is -2.39. The maximum atomic E-state index is 12.5. The zero-order valence-corrected chi connectivity index (χ0v) is 13.4. The largest absolute Gasteiger partial charge is 0.382 e. The van der Waals surface area contributed by atoms with E-state index in [1.54, 1.807) is 4.90 Å². The highest BCUT2D eigenvalue weighted by Crippen LogP contribution is 2.31. The molecule has 1 amide bonds. The molecule has 1 saturated carbocycles. The van der Waals surface area contributed by atoms with Crippen LogP contribution >= 0.6 is 11.3 Å². The van der Waals surface area contributed by atoms with E-state index < -0.39 is 0 Å². The summed E-state index contributed by atoms with van der Waals surface area (Å²) in [5.41, 5.74) is 5.91. The number of nitrogen functional groups attached to an aromatic ring is 1. The first kappa shape index (κ1) is 14.6. The maximum Gasteiger partial charge on any atom is 0.267 e. The van der Waals surface area contributed by atoms with Crippen LogP contribution < -0.4 is 11.1 Å². The number of thiazole rings is 1. The van der Waals surface area contributed by atoms with Gasteiger partial charge in [-0.2, -0.15) is 0 Å². The molecular formula is C14H23N5OS. The van der Waals surface area contributed by atoms with Crippen molar-refractivity contribution in [2.24, 2.45) is 0 Å². The van der Waals surface area contributed by atoms with Gasteiger partial charge in [-0.25, -0.2) is 4.98 Å². The molecule has 1 aromatic heterocycles. The third-order valence-corrected chi connectivity index (χ3v) is 5.25. The third kappa shape index (κ3) is 3.29. The fourth-order valence-corrected chi connectivity index (χ4v) is 3.69. The van der Waals surface area contributed by atoms with Gasteiger partial charge in [0.15, 0.2) is 5.13 Å². The standard InChI is InChI=1S/C14H23N5OS/c1-18-7-3-4-10(18)8-19(2)13(20)11-12(15)17-14(21-11)16-9-5-6-9/h9-10H,3-8,15H2,1-2H3,(H,16,17). The normalized spacial score (nSPS) is 22.5. The quantitative estimate of drug-likeness (QED) is 0.861. The third-order valence-electron chi connectivity index (χ3n) is 4.26. The molecule has 7 heteroatoms. The number of anilines is 2. The Kier molecular flexibility index (Phi) is 4.03. The molecule has 6 nitrogen and oxygen atoms in total. The van der Waals surface area contributed by atoms with E-state index in [0.717, 1.165) is 24.6 Å². The van der Waals surface area contributed by atoms with Crippen molar-refractivity contribution in [3.63, 3.8) is 0 Å². The number of nitrogens with two attached hydrogens (primary N) is 1. The second-order valence-corrected chi connectivity index (χ2v) is 7.11. The molecule has 2 aliphatic rings. The molecule has 2 fully saturated rings. The number of carbonyl (C=O) groups excluding carboxylic acids is 1. The fourth-order valence-electron chi connectivity index (χ4n) is 2.73. The highest BCUT2D eigenvalue weighted by Gasteiger charge is 2.28. The number of likely N-dealkylation sites (tertiary alicyclic amines) is 1. The molecule has 0 aromatic carbocycles. The number of rotatable bonds is 5. The minimum atomic E-state index is -0.0193. The summed E-state index contributed by atoms with van der Waals surface area (Å²) >= 11 is 1.37. The van der Waals surface area contributed by atoms with Gasteiger partial charge in [0.1, 0.15) is 10.7 Å². The van der Waals surface area contributed by atoms with Gasteiger partial charge in [0.2, 0.25) is 0 Å². The highest BCUT2D eigenvalue weighted by atomic mass is 32.1. The summed E-state index contributed by atoms with van der Waals surface area (Å²) in [6.45, 7) is 1.86. The average Bonchev–Trinajstić information content (AvgIpc) is 3.06. The van der Waals surface area contributed by atoms with E-state index in [1.165, 1.54) is 30.6 Å². The van der Waals surface area contributed by atoms with Crippen molar-refractivity contribution in [2.45, 2.75) is 37.8 Å². The van der Waals surface area contributed by atoms with Crippen molar-refractivity contribution in [1.29, 1.82) is 0 Å². The predicted octanol–water partition coefficient (Wildman–Crippen LogP) is 1.47. The van der Waals surface area contributed by atoms with Crippen molar-refractivity contribution in [3.05, 3.63) is 4.88 Å². The molecule has 2 heterocycles. The van der Waals surface area contributed by atoms with E-state index in [0.29, 0.717) is 22.8 Å². The lowest BCUT2D eigenvalue weighted by molar-refractivity contribution is 0.0767. The first-order valence-electron chi connectivity index (χ1n) is 7.53. The summed E-state index contributed by atoms with van der Waals surface area (Å²) in [7, 11) is 3.97. The summed E-state index contributed by atoms with van der Waals surface area (Å²) in [4.78, 5) is 21.5. The van der Waals surface area contributed by atoms with Crippen molar-refractivity contribution < 1.29 is 4.79 Å². The number of amides is 1. The number of nitrogens with one attached hydrogen (secondary N) is 1. The predicted molar refractivity (Wildman–Crippen MR) is 85.8 cm³/mol. The van der Waals surface area contributed by atoms with Gasteiger partial charge in [-0.3, -0.25) is 4.79 Å². The van der Waals surface area contributed by atoms with Crippen LogP contribution in [0.5, 0.6) is 0 Å². The van der Waals surface area contributed by atoms with Crippen LogP contribution in [-0.2, 0) is 0 Å². The SMILES string of the molecule is CN(CC1CCCN1C)C(=O)c1sc(NC2CC2)nc1N. The van der Waals surface area contributed by atoms with Crippen LogP contribution in [0, 0.1) is 0 Å². The Hall–Kier alpha value is -1.34. The van der Waals surface area contributed by atoms with Crippen molar-refractivity contribution in [3.8, 4) is 0 Å². The van der Waals surface area contributed by atoms with E-state index in [1.807, 2.05) is 7.05 Å². The van der Waals surface area contributed by atoms with E-state index in [9.17, 15) is 4.79 Å². The molecule has 1 aromatic rings. The Morgan fingerprint density at radius 2 is 2.29 bits per heavy atom. The Morgan fingerprint density at radius 1 is 1.52 bits per heavy atom. The summed E-state index contributed by atoms with van der Waals surface area (Å²) < 4.78 is 0. The first-order valence-corrected chi connectivity index (χ1v) is 8.35. The number of carbonyl (C=O) groups is 1. The van der Waals surface area contributed by atoms with Crippen LogP contribution in [0.1, 0.15) is 35.4 Å².